The van der Waals surface area contributed by atoms with Gasteiger partial charge in [-0.1, -0.05) is 145 Å². The number of nitrogens with zero attached hydrogens (tertiary/aromatic N) is 6. The average Bonchev–Trinajstić information content (AvgIpc) is 4.00. The van der Waals surface area contributed by atoms with Crippen LogP contribution in [0.1, 0.15) is 112 Å². The maximum absolute atomic E-state index is 14.8. The Labute approximate surface area is 374 Å². The van der Waals surface area contributed by atoms with E-state index in [9.17, 15) is 13.2 Å². The smallest absolute Gasteiger partial charge is 0.341 e. The molecule has 6 aromatic rings. The van der Waals surface area contributed by atoms with E-state index in [0.717, 1.165) is 22.3 Å². The molecule has 0 amide bonds. The first kappa shape index (κ1) is 44.6. The quantitative estimate of drug-likeness (QED) is 0.0394. The van der Waals surface area contributed by atoms with Crippen molar-refractivity contribution in [3.8, 4) is 5.88 Å². The largest absolute Gasteiger partial charge is 0.463 e. The first-order valence-electron chi connectivity index (χ1n) is 21.6. The topological polar surface area (TPSA) is 157 Å². The van der Waals surface area contributed by atoms with Gasteiger partial charge in [-0.25, -0.2) is 9.98 Å². The number of aromatic nitrogens is 4. The predicted molar refractivity (Wildman–Crippen MR) is 242 cm³/mol. The fourth-order valence-electron chi connectivity index (χ4n) is 8.07. The molecule has 2 aliphatic rings. The molecule has 0 N–H and O–H groups in total. The molecule has 2 fully saturated rings. The van der Waals surface area contributed by atoms with Gasteiger partial charge in [-0.15, -0.1) is 0 Å². The minimum Gasteiger partial charge on any atom is -0.463 e. The van der Waals surface area contributed by atoms with Gasteiger partial charge in [0.05, 0.1) is 12.7 Å². The summed E-state index contributed by atoms with van der Waals surface area (Å²) >= 11 is 0. The van der Waals surface area contributed by atoms with Gasteiger partial charge in [0.2, 0.25) is 0 Å². The average molecular weight is 887 g/mol. The van der Waals surface area contributed by atoms with Crippen molar-refractivity contribution in [2.75, 3.05) is 6.61 Å². The predicted octanol–water partition coefficient (Wildman–Crippen LogP) is 9.27. The third-order valence-corrected chi connectivity index (χ3v) is 12.7. The molecule has 2 aliphatic heterocycles. The molecule has 64 heavy (non-hydrogen) atoms. The summed E-state index contributed by atoms with van der Waals surface area (Å²) < 4.78 is 62.4. The van der Waals surface area contributed by atoms with E-state index in [-0.39, 0.29) is 52.2 Å². The van der Waals surface area contributed by atoms with Crippen LogP contribution >= 0.6 is 0 Å². The van der Waals surface area contributed by atoms with Crippen molar-refractivity contribution >= 4 is 39.5 Å². The highest BCUT2D eigenvalue weighted by Crippen LogP contribution is 2.46. The van der Waals surface area contributed by atoms with Crippen LogP contribution in [0.5, 0.6) is 5.88 Å². The fourth-order valence-corrected chi connectivity index (χ4v) is 9.65. The summed E-state index contributed by atoms with van der Waals surface area (Å²) in [4.78, 5) is 33.0. The summed E-state index contributed by atoms with van der Waals surface area (Å²) in [5.74, 6) is -0.966. The maximum atomic E-state index is 14.8. The zero-order valence-corrected chi connectivity index (χ0v) is 37.9. The third-order valence-electron chi connectivity index (χ3n) is 11.3. The van der Waals surface area contributed by atoms with Gasteiger partial charge in [0, 0.05) is 25.6 Å². The van der Waals surface area contributed by atoms with Crippen molar-refractivity contribution in [3.63, 3.8) is 0 Å². The molecule has 4 heterocycles. The van der Waals surface area contributed by atoms with Crippen LogP contribution in [0.25, 0.3) is 11.2 Å². The molecule has 8 rings (SSSR count). The first-order valence-corrected chi connectivity index (χ1v) is 23.0. The number of esters is 1. The summed E-state index contributed by atoms with van der Waals surface area (Å²) in [6.45, 7) is 14.3. The molecule has 1 unspecified atom stereocenters. The molecule has 0 saturated carbocycles. The Hall–Kier alpha value is -6.00. The van der Waals surface area contributed by atoms with Crippen molar-refractivity contribution in [3.05, 3.63) is 143 Å². The van der Waals surface area contributed by atoms with E-state index < -0.39 is 46.9 Å². The lowest BCUT2D eigenvalue weighted by atomic mass is 9.89. The highest BCUT2D eigenvalue weighted by atomic mass is 32.2. The van der Waals surface area contributed by atoms with Gasteiger partial charge in [-0.3, -0.25) is 9.36 Å². The van der Waals surface area contributed by atoms with E-state index in [4.69, 9.17) is 33.1 Å². The van der Waals surface area contributed by atoms with Crippen LogP contribution in [-0.4, -0.2) is 70.1 Å². The van der Waals surface area contributed by atoms with Gasteiger partial charge in [-0.2, -0.15) is 18.4 Å². The van der Waals surface area contributed by atoms with Gasteiger partial charge in [0.25, 0.3) is 11.8 Å². The van der Waals surface area contributed by atoms with Crippen molar-refractivity contribution in [2.24, 2.45) is 4.99 Å². The molecule has 5 atom stereocenters. The Kier molecular flexibility index (Phi) is 13.2. The first-order chi connectivity index (χ1) is 30.8. The molecule has 14 nitrogen and oxygen atoms in total. The van der Waals surface area contributed by atoms with Gasteiger partial charge in [-0.05, 0) is 45.6 Å². The Balaban J connectivity index is 1.24. The Morgan fingerprint density at radius 3 is 1.94 bits per heavy atom. The summed E-state index contributed by atoms with van der Waals surface area (Å²) in [5.41, 5.74) is 5.50. The maximum Gasteiger partial charge on any atom is 0.341 e. The Morgan fingerprint density at radius 1 is 0.797 bits per heavy atom. The van der Waals surface area contributed by atoms with Crippen molar-refractivity contribution < 1.29 is 36.3 Å². The van der Waals surface area contributed by atoms with Crippen LogP contribution in [-0.2, 0) is 46.9 Å². The highest BCUT2D eigenvalue weighted by molar-refractivity contribution is 7.87. The van der Waals surface area contributed by atoms with Gasteiger partial charge < -0.3 is 28.0 Å². The molecule has 15 heteroatoms. The molecule has 0 radical (unpaired) electrons. The third kappa shape index (κ3) is 9.72. The van der Waals surface area contributed by atoms with Crippen LogP contribution in [0.2, 0.25) is 0 Å². The van der Waals surface area contributed by atoms with E-state index in [1.165, 1.54) is 13.3 Å². The lowest BCUT2D eigenvalue weighted by molar-refractivity contribution is -0.165. The molecular formula is C49H54N6O8S. The van der Waals surface area contributed by atoms with E-state index in [2.05, 4.69) is 23.8 Å². The fraction of sp³-hybridized carbons (Fsp3) is 0.367. The van der Waals surface area contributed by atoms with E-state index in [0.29, 0.717) is 24.2 Å². The van der Waals surface area contributed by atoms with Gasteiger partial charge in [0.15, 0.2) is 23.7 Å². The van der Waals surface area contributed by atoms with Crippen LogP contribution in [0, 0.1) is 0 Å². The van der Waals surface area contributed by atoms with Crippen LogP contribution < -0.4 is 4.18 Å². The van der Waals surface area contributed by atoms with E-state index >= 15 is 0 Å². The lowest BCUT2D eigenvalue weighted by Gasteiger charge is -2.22. The molecule has 0 spiro atoms. The lowest BCUT2D eigenvalue weighted by Crippen LogP contribution is -2.32. The summed E-state index contributed by atoms with van der Waals surface area (Å²) in [5, 5.41) is 0. The van der Waals surface area contributed by atoms with Crippen LogP contribution in [0.3, 0.4) is 0 Å². The number of hydrogen-bond donors (Lipinski definition) is 0. The Bertz CT molecular complexity index is 2640. The molecule has 0 bridgehead atoms. The number of benzene rings is 4. The van der Waals surface area contributed by atoms with Gasteiger partial charge in [0.1, 0.15) is 29.8 Å². The van der Waals surface area contributed by atoms with E-state index in [1.54, 1.807) is 10.9 Å². The van der Waals surface area contributed by atoms with Crippen LogP contribution in [0.15, 0.2) is 119 Å². The second kappa shape index (κ2) is 19.0. The second-order valence-corrected chi connectivity index (χ2v) is 18.6. The Morgan fingerprint density at radius 2 is 1.38 bits per heavy atom. The number of aliphatic imine (C=N–C) groups is 1. The number of hydrogen-bond acceptors (Lipinski definition) is 12. The van der Waals surface area contributed by atoms with Gasteiger partial charge >= 0.3 is 16.1 Å². The monoisotopic (exact) mass is 886 g/mol. The van der Waals surface area contributed by atoms with Crippen molar-refractivity contribution in [2.45, 2.75) is 115 Å². The number of fused-ring (bicyclic) bond motifs is 2. The zero-order chi connectivity index (χ0) is 45.1. The molecule has 0 aliphatic carbocycles. The standard InChI is InChI=1S/C49H54N6O8S/c1-30(2)37-23-38(31(3)4)44(39(24-37)32(5)6)64(57,58)63-46-41-45(52-49(53-46)51-28-54(25-34-17-11-8-12-18-34)26-35-19-13-9-14-20-35)55(29-50-41)47-43-42(40(60-47)27-59-33(7)56)61-48(62-43)36-21-15-10-16-22-36/h8-24,28-32,40,42-43,47-48H,25-27H2,1-7H3/b51-28+/t40-,42-,43-,47-,48?/m1/s1. The number of imidazole rings is 1. The molecular weight excluding hydrogens is 833 g/mol. The summed E-state index contributed by atoms with van der Waals surface area (Å²) in [6, 6.07) is 33.4. The molecule has 2 aromatic heterocycles. The molecule has 2 saturated heterocycles. The van der Waals surface area contributed by atoms with E-state index in [1.807, 2.05) is 136 Å². The minimum absolute atomic E-state index is 0.0612. The molecule has 4 aromatic carbocycles. The minimum atomic E-state index is -4.54. The normalized spacial score (nSPS) is 19.9. The molecule has 334 valence electrons. The zero-order valence-electron chi connectivity index (χ0n) is 37.1. The van der Waals surface area contributed by atoms with Crippen molar-refractivity contribution in [1.82, 2.24) is 24.4 Å². The number of rotatable bonds is 16. The second-order valence-electron chi connectivity index (χ2n) is 17.1. The summed E-state index contributed by atoms with van der Waals surface area (Å²) in [7, 11) is -4.54. The van der Waals surface area contributed by atoms with Crippen molar-refractivity contribution in [1.29, 1.82) is 0 Å². The highest BCUT2D eigenvalue weighted by Gasteiger charge is 2.54. The van der Waals surface area contributed by atoms with Crippen LogP contribution in [0.4, 0.5) is 5.95 Å². The SMILES string of the molecule is CC(=O)OC[C@H]1O[C@@H](n2cnc3c(OS(=O)(=O)c4c(C(C)C)cc(C(C)C)cc4C(C)C)nc(/N=C/N(Cc4ccccc4)Cc4ccccc4)nc32)[C@@H]2OC(c3ccccc3)O[C@@H]21. The number of carbonyl (C=O) groups excluding carboxylic acids is 1. The number of carbonyl (C=O) groups is 1. The summed E-state index contributed by atoms with van der Waals surface area (Å²) in [6.07, 6.45) is -0.594. The number of ether oxygens (including phenoxy) is 4.